The molecule has 0 heterocycles. The highest BCUT2D eigenvalue weighted by Crippen LogP contribution is 2.21. The molecule has 0 spiro atoms. The number of methoxy groups -OCH3 is 2. The first-order chi connectivity index (χ1) is 17.1. The summed E-state index contributed by atoms with van der Waals surface area (Å²) in [6.45, 7) is 7.40. The van der Waals surface area contributed by atoms with Crippen LogP contribution in [0.2, 0.25) is 0 Å². The maximum Gasteiger partial charge on any atom is 0.156 e. The predicted molar refractivity (Wildman–Crippen MR) is 146 cm³/mol. The maximum atomic E-state index is 5.79. The number of nitrogens with one attached hydrogen (secondary N) is 1. The summed E-state index contributed by atoms with van der Waals surface area (Å²) >= 11 is 0. The predicted octanol–water partition coefficient (Wildman–Crippen LogP) is 5.64. The number of hydrogen-bond acceptors (Lipinski definition) is 5. The zero-order chi connectivity index (χ0) is 25.9. The van der Waals surface area contributed by atoms with Crippen LogP contribution in [0.4, 0.5) is 0 Å². The Morgan fingerprint density at radius 1 is 1.20 bits per heavy atom. The van der Waals surface area contributed by atoms with Gasteiger partial charge in [-0.15, -0.1) is 19.3 Å². The molecule has 1 aliphatic rings. The van der Waals surface area contributed by atoms with Gasteiger partial charge in [0.25, 0.3) is 0 Å². The van der Waals surface area contributed by atoms with Gasteiger partial charge < -0.3 is 19.5 Å². The van der Waals surface area contributed by atoms with Crippen LogP contribution in [-0.2, 0) is 14.2 Å². The molecule has 0 saturated heterocycles. The van der Waals surface area contributed by atoms with E-state index >= 15 is 0 Å². The van der Waals surface area contributed by atoms with Crippen LogP contribution in [0, 0.1) is 25.2 Å². The highest BCUT2D eigenvalue weighted by atomic mass is 16.5. The Hall–Kier alpha value is -3.93. The summed E-state index contributed by atoms with van der Waals surface area (Å²) in [6, 6.07) is 8.06. The van der Waals surface area contributed by atoms with Gasteiger partial charge in [0.15, 0.2) is 5.76 Å². The Morgan fingerprint density at radius 3 is 2.66 bits per heavy atom. The maximum absolute atomic E-state index is 5.79. The second kappa shape index (κ2) is 17.5. The molecule has 184 valence electrons. The normalized spacial score (nSPS) is 13.3. The van der Waals surface area contributed by atoms with Gasteiger partial charge in [-0.2, -0.15) is 0 Å². The molecule has 1 aromatic carbocycles. The zero-order valence-corrected chi connectivity index (χ0v) is 21.0. The highest BCUT2D eigenvalue weighted by molar-refractivity contribution is 6.09. The summed E-state index contributed by atoms with van der Waals surface area (Å²) < 4.78 is 16.6. The lowest BCUT2D eigenvalue weighted by Gasteiger charge is -2.10. The standard InChI is InChI=1S/C28H34N2O3.C2H2/c1-6-10-26(25-13-8-12-24(20-25)22(3)29-18-7-2)30-21-33-19-9-11-23-14-16-27(31-4)28(32-5)17-15-23;1-2/h2,6,8,10,12-16,20,29H,3,9,11,17-19,21H2,1,4-5H3;1-2H/b10-6-,30-26+;. The van der Waals surface area contributed by atoms with E-state index in [4.69, 9.17) is 20.6 Å². The number of benzene rings is 1. The Labute approximate surface area is 211 Å². The number of nitrogens with zero attached hydrogens (tertiary/aromatic N) is 1. The fourth-order valence-corrected chi connectivity index (χ4v) is 3.30. The third-order valence-electron chi connectivity index (χ3n) is 5.06. The highest BCUT2D eigenvalue weighted by Gasteiger charge is 2.08. The van der Waals surface area contributed by atoms with Crippen LogP contribution in [0.1, 0.15) is 37.3 Å². The molecule has 0 aromatic heterocycles. The van der Waals surface area contributed by atoms with Crippen molar-refractivity contribution in [3.8, 4) is 25.2 Å². The summed E-state index contributed by atoms with van der Waals surface area (Å²) in [6.07, 6.45) is 26.0. The van der Waals surface area contributed by atoms with Gasteiger partial charge in [0.05, 0.1) is 26.5 Å². The topological polar surface area (TPSA) is 52.1 Å². The smallest absolute Gasteiger partial charge is 0.156 e. The lowest BCUT2D eigenvalue weighted by molar-refractivity contribution is 0.140. The lowest BCUT2D eigenvalue weighted by Crippen LogP contribution is -2.11. The van der Waals surface area contributed by atoms with Crippen molar-refractivity contribution in [2.75, 3.05) is 34.1 Å². The average Bonchev–Trinajstić information content (AvgIpc) is 3.11. The third kappa shape index (κ3) is 10.3. The van der Waals surface area contributed by atoms with Crippen molar-refractivity contribution in [1.82, 2.24) is 5.32 Å². The van der Waals surface area contributed by atoms with E-state index in [0.29, 0.717) is 19.9 Å². The molecule has 0 radical (unpaired) electrons. The molecule has 0 bridgehead atoms. The van der Waals surface area contributed by atoms with Crippen molar-refractivity contribution >= 4 is 11.4 Å². The molecular weight excluding hydrogens is 436 g/mol. The second-order valence-electron chi connectivity index (χ2n) is 7.31. The molecule has 5 heteroatoms. The van der Waals surface area contributed by atoms with Crippen LogP contribution >= 0.6 is 0 Å². The van der Waals surface area contributed by atoms with Crippen LogP contribution in [-0.4, -0.2) is 39.8 Å². The van der Waals surface area contributed by atoms with E-state index in [0.717, 1.165) is 53.3 Å². The molecule has 0 saturated carbocycles. The molecular formula is C30H36N2O3. The molecule has 1 N–H and O–H groups in total. The zero-order valence-electron chi connectivity index (χ0n) is 21.0. The van der Waals surface area contributed by atoms with Gasteiger partial charge >= 0.3 is 0 Å². The number of rotatable bonds is 13. The van der Waals surface area contributed by atoms with E-state index < -0.39 is 0 Å². The number of hydrogen-bond donors (Lipinski definition) is 1. The number of aliphatic imine (C=N–C) groups is 1. The van der Waals surface area contributed by atoms with Crippen LogP contribution < -0.4 is 5.32 Å². The van der Waals surface area contributed by atoms with Gasteiger partial charge in [0, 0.05) is 24.3 Å². The van der Waals surface area contributed by atoms with Crippen LogP contribution in [0.25, 0.3) is 5.70 Å². The molecule has 5 nitrogen and oxygen atoms in total. The van der Waals surface area contributed by atoms with Crippen molar-refractivity contribution < 1.29 is 14.2 Å². The van der Waals surface area contributed by atoms with Crippen molar-refractivity contribution in [2.45, 2.75) is 26.2 Å². The largest absolute Gasteiger partial charge is 0.497 e. The summed E-state index contributed by atoms with van der Waals surface area (Å²) in [5, 5.41) is 3.12. The van der Waals surface area contributed by atoms with Crippen molar-refractivity contribution in [2.24, 2.45) is 4.99 Å². The second-order valence-corrected chi connectivity index (χ2v) is 7.31. The Kier molecular flexibility index (Phi) is 14.6. The minimum absolute atomic E-state index is 0.304. The quantitative estimate of drug-likeness (QED) is 0.229. The minimum Gasteiger partial charge on any atom is -0.497 e. The van der Waals surface area contributed by atoms with Crippen molar-refractivity contribution in [1.29, 1.82) is 0 Å². The van der Waals surface area contributed by atoms with Crippen LogP contribution in [0.15, 0.2) is 83.3 Å². The first kappa shape index (κ1) is 29.1. The molecule has 0 atom stereocenters. The average molecular weight is 473 g/mol. The SMILES string of the molecule is C#C.C#CCNC(=C)c1cccc(C(/C=C\C)=N/COCCCC2=CCC(OC)=C(OC)C=C2)c1. The molecule has 0 unspecified atom stereocenters. The van der Waals surface area contributed by atoms with Gasteiger partial charge in [-0.1, -0.05) is 54.5 Å². The van der Waals surface area contributed by atoms with Gasteiger partial charge in [0.2, 0.25) is 0 Å². The molecule has 0 aliphatic heterocycles. The third-order valence-corrected chi connectivity index (χ3v) is 5.06. The minimum atomic E-state index is 0.304. The molecule has 35 heavy (non-hydrogen) atoms. The molecule has 2 rings (SSSR count). The van der Waals surface area contributed by atoms with E-state index in [-0.39, 0.29) is 0 Å². The fraction of sp³-hybridized carbons (Fsp3) is 0.300. The molecule has 1 aliphatic carbocycles. The monoisotopic (exact) mass is 472 g/mol. The molecule has 0 fully saturated rings. The van der Waals surface area contributed by atoms with E-state index in [1.165, 1.54) is 5.57 Å². The first-order valence-electron chi connectivity index (χ1n) is 11.4. The fourth-order valence-electron chi connectivity index (χ4n) is 3.30. The number of terminal acetylenes is 2. The Morgan fingerprint density at radius 2 is 1.97 bits per heavy atom. The van der Waals surface area contributed by atoms with Crippen molar-refractivity contribution in [3.05, 3.63) is 89.4 Å². The van der Waals surface area contributed by atoms with Crippen LogP contribution in [0.5, 0.6) is 0 Å². The lowest BCUT2D eigenvalue weighted by atomic mass is 10.0. The van der Waals surface area contributed by atoms with E-state index in [2.05, 4.69) is 47.8 Å². The van der Waals surface area contributed by atoms with Gasteiger partial charge in [-0.05, 0) is 43.5 Å². The summed E-state index contributed by atoms with van der Waals surface area (Å²) in [5.74, 6) is 4.17. The van der Waals surface area contributed by atoms with Crippen molar-refractivity contribution in [3.63, 3.8) is 0 Å². The number of allylic oxidation sites excluding steroid dienone is 6. The summed E-state index contributed by atoms with van der Waals surface area (Å²) in [7, 11) is 3.32. The molecule has 1 aromatic rings. The number of ether oxygens (including phenoxy) is 3. The van der Waals surface area contributed by atoms with Crippen LogP contribution in [0.3, 0.4) is 0 Å². The Bertz CT molecular complexity index is 1030. The van der Waals surface area contributed by atoms with Gasteiger partial charge in [-0.3, -0.25) is 4.99 Å². The Balaban J connectivity index is 0.00000298. The van der Waals surface area contributed by atoms with E-state index in [1.807, 2.05) is 49.4 Å². The van der Waals surface area contributed by atoms with E-state index in [9.17, 15) is 0 Å². The van der Waals surface area contributed by atoms with E-state index in [1.54, 1.807) is 14.2 Å². The molecule has 0 amide bonds. The summed E-state index contributed by atoms with van der Waals surface area (Å²) in [5.41, 5.74) is 4.88. The first-order valence-corrected chi connectivity index (χ1v) is 11.4. The summed E-state index contributed by atoms with van der Waals surface area (Å²) in [4.78, 5) is 4.64. The van der Waals surface area contributed by atoms with Gasteiger partial charge in [-0.25, -0.2) is 0 Å². The van der Waals surface area contributed by atoms with Gasteiger partial charge in [0.1, 0.15) is 12.5 Å².